The number of hydrogen-bond donors (Lipinski definition) is 0. The van der Waals surface area contributed by atoms with Crippen LogP contribution in [-0.2, 0) is 17.7 Å². The molecule has 0 bridgehead atoms. The molecule has 2 aliphatic heterocycles. The summed E-state index contributed by atoms with van der Waals surface area (Å²) in [4.78, 5) is 0. The van der Waals surface area contributed by atoms with Gasteiger partial charge in [-0.05, 0) is 55.4 Å². The summed E-state index contributed by atoms with van der Waals surface area (Å²) in [5.74, 6) is 0. The Kier molecular flexibility index (Phi) is 3.22. The second-order valence-electron chi connectivity index (χ2n) is 7.56. The topological polar surface area (TPSA) is 36.9 Å². The zero-order valence-electron chi connectivity index (χ0n) is 13.6. The highest BCUT2D eigenvalue weighted by molar-refractivity contribution is 8.46. The van der Waals surface area contributed by atoms with Crippen molar-refractivity contribution in [1.29, 1.82) is 0 Å². The Bertz CT molecular complexity index is 360. The lowest BCUT2D eigenvalue weighted by Crippen LogP contribution is -2.41. The maximum Gasteiger partial charge on any atom is 0.602 e. The fourth-order valence-electron chi connectivity index (χ4n) is 2.09. The zero-order chi connectivity index (χ0) is 14.9. The van der Waals surface area contributed by atoms with Crippen LogP contribution < -0.4 is 0 Å². The van der Waals surface area contributed by atoms with Gasteiger partial charge in [-0.3, -0.25) is 8.37 Å². The molecule has 0 radical (unpaired) electrons. The first-order valence-electron chi connectivity index (χ1n) is 6.77. The Labute approximate surface area is 119 Å². The van der Waals surface area contributed by atoms with Gasteiger partial charge in [0.2, 0.25) is 0 Å². The Hall–Kier alpha value is 0.255. The summed E-state index contributed by atoms with van der Waals surface area (Å²) < 4.78 is 24.7. The minimum atomic E-state index is -1.88. The highest BCUT2D eigenvalue weighted by atomic mass is 32.3. The van der Waals surface area contributed by atoms with Gasteiger partial charge in [-0.15, -0.1) is 0 Å². The van der Waals surface area contributed by atoms with E-state index in [2.05, 4.69) is 27.7 Å². The second kappa shape index (κ2) is 3.92. The van der Waals surface area contributed by atoms with Crippen LogP contribution in [0.5, 0.6) is 0 Å². The second-order valence-corrected chi connectivity index (χ2v) is 9.94. The van der Waals surface area contributed by atoms with Gasteiger partial charge in [-0.1, -0.05) is 0 Å². The summed E-state index contributed by atoms with van der Waals surface area (Å²) in [5, 5.41) is 0. The molecule has 0 saturated carbocycles. The summed E-state index contributed by atoms with van der Waals surface area (Å²) >= 11 is 0. The van der Waals surface area contributed by atoms with Crippen molar-refractivity contribution in [3.63, 3.8) is 0 Å². The van der Waals surface area contributed by atoms with Gasteiger partial charge < -0.3 is 9.31 Å². The lowest BCUT2D eigenvalue weighted by Gasteiger charge is -2.36. The van der Waals surface area contributed by atoms with E-state index < -0.39 is 16.8 Å². The van der Waals surface area contributed by atoms with Crippen molar-refractivity contribution in [1.82, 2.24) is 0 Å². The lowest BCUT2D eigenvalue weighted by atomic mass is 9.90. The summed E-state index contributed by atoms with van der Waals surface area (Å²) in [5.41, 5.74) is -1.45. The van der Waals surface area contributed by atoms with Gasteiger partial charge in [-0.2, -0.15) is 10.4 Å². The van der Waals surface area contributed by atoms with Gasteiger partial charge in [-0.25, -0.2) is 0 Å². The largest absolute Gasteiger partial charge is 0.602 e. The van der Waals surface area contributed by atoms with E-state index in [9.17, 15) is 0 Å². The SMILES string of the molecule is CC1(C)OB(S2(C)OC(C)(C)C(C)(C)O2)OC1(C)C. The molecule has 0 N–H and O–H groups in total. The quantitative estimate of drug-likeness (QED) is 0.693. The predicted molar refractivity (Wildman–Crippen MR) is 79.9 cm³/mol. The van der Waals surface area contributed by atoms with E-state index in [1.807, 2.05) is 34.0 Å². The van der Waals surface area contributed by atoms with Crippen LogP contribution in [0.25, 0.3) is 0 Å². The molecule has 2 fully saturated rings. The molecular formula is C13H27BO4S. The third-order valence-electron chi connectivity index (χ3n) is 4.78. The van der Waals surface area contributed by atoms with Crippen LogP contribution in [0.15, 0.2) is 0 Å². The summed E-state index contributed by atoms with van der Waals surface area (Å²) in [6, 6.07) is 0. The first kappa shape index (κ1) is 15.6. The summed E-state index contributed by atoms with van der Waals surface area (Å²) in [6.45, 7) is 16.4. The van der Waals surface area contributed by atoms with E-state index in [4.69, 9.17) is 17.7 Å². The van der Waals surface area contributed by atoms with E-state index in [1.165, 1.54) is 0 Å². The fraction of sp³-hybridized carbons (Fsp3) is 1.00. The molecule has 0 aromatic carbocycles. The molecule has 0 aliphatic carbocycles. The van der Waals surface area contributed by atoms with E-state index >= 15 is 0 Å². The minimum absolute atomic E-state index is 0.360. The Morgan fingerprint density at radius 2 is 0.947 bits per heavy atom. The van der Waals surface area contributed by atoms with Crippen LogP contribution in [-0.4, -0.2) is 35.1 Å². The van der Waals surface area contributed by atoms with Crippen molar-refractivity contribution >= 4 is 16.8 Å². The third-order valence-corrected chi connectivity index (χ3v) is 7.17. The molecule has 112 valence electrons. The van der Waals surface area contributed by atoms with Crippen molar-refractivity contribution in [2.24, 2.45) is 0 Å². The van der Waals surface area contributed by atoms with Gasteiger partial charge in [0, 0.05) is 6.26 Å². The van der Waals surface area contributed by atoms with Gasteiger partial charge >= 0.3 is 6.40 Å². The fourth-order valence-corrected chi connectivity index (χ4v) is 5.17. The van der Waals surface area contributed by atoms with E-state index in [0.717, 1.165) is 0 Å². The van der Waals surface area contributed by atoms with Crippen LogP contribution in [0, 0.1) is 0 Å². The molecule has 0 aromatic rings. The first-order valence-corrected chi connectivity index (χ1v) is 8.72. The normalized spacial score (nSPS) is 35.3. The molecule has 2 heterocycles. The van der Waals surface area contributed by atoms with E-state index in [-0.39, 0.29) is 22.4 Å². The Morgan fingerprint density at radius 1 is 0.632 bits per heavy atom. The maximum atomic E-state index is 6.23. The average molecular weight is 290 g/mol. The lowest BCUT2D eigenvalue weighted by molar-refractivity contribution is 0.00578. The predicted octanol–water partition coefficient (Wildman–Crippen LogP) is 3.44. The molecule has 6 heteroatoms. The monoisotopic (exact) mass is 290 g/mol. The van der Waals surface area contributed by atoms with E-state index in [0.29, 0.717) is 0 Å². The molecule has 0 unspecified atom stereocenters. The van der Waals surface area contributed by atoms with E-state index in [1.54, 1.807) is 0 Å². The molecule has 0 atom stereocenters. The molecule has 0 aromatic heterocycles. The molecule has 2 aliphatic rings. The average Bonchev–Trinajstić information content (AvgIpc) is 2.42. The highest BCUT2D eigenvalue weighted by Gasteiger charge is 2.64. The minimum Gasteiger partial charge on any atom is -0.386 e. The van der Waals surface area contributed by atoms with Crippen molar-refractivity contribution in [2.75, 3.05) is 6.26 Å². The van der Waals surface area contributed by atoms with Gasteiger partial charge in [0.1, 0.15) is 11.2 Å². The zero-order valence-corrected chi connectivity index (χ0v) is 14.4. The molecule has 0 amide bonds. The van der Waals surface area contributed by atoms with Gasteiger partial charge in [0.25, 0.3) is 0 Å². The molecule has 2 saturated heterocycles. The third kappa shape index (κ3) is 2.25. The molecular weight excluding hydrogens is 263 g/mol. The van der Waals surface area contributed by atoms with Crippen molar-refractivity contribution in [2.45, 2.75) is 77.8 Å². The molecule has 2 rings (SSSR count). The van der Waals surface area contributed by atoms with Crippen molar-refractivity contribution in [3.05, 3.63) is 0 Å². The number of hydrogen-bond acceptors (Lipinski definition) is 4. The summed E-state index contributed by atoms with van der Waals surface area (Å²) in [6.07, 6.45) is 1.53. The van der Waals surface area contributed by atoms with Crippen LogP contribution in [0.4, 0.5) is 0 Å². The van der Waals surface area contributed by atoms with Crippen LogP contribution >= 0.6 is 10.4 Å². The smallest absolute Gasteiger partial charge is 0.386 e. The maximum absolute atomic E-state index is 6.23. The Morgan fingerprint density at radius 3 is 1.26 bits per heavy atom. The van der Waals surface area contributed by atoms with Gasteiger partial charge in [0.15, 0.2) is 0 Å². The molecule has 0 spiro atoms. The van der Waals surface area contributed by atoms with Gasteiger partial charge in [0.05, 0.1) is 11.2 Å². The number of rotatable bonds is 1. The molecule has 4 nitrogen and oxygen atoms in total. The van der Waals surface area contributed by atoms with Crippen LogP contribution in [0.3, 0.4) is 0 Å². The van der Waals surface area contributed by atoms with Crippen LogP contribution in [0.2, 0.25) is 0 Å². The van der Waals surface area contributed by atoms with Crippen molar-refractivity contribution < 1.29 is 17.7 Å². The first-order chi connectivity index (χ1) is 8.23. The Balaban J connectivity index is 2.26. The summed E-state index contributed by atoms with van der Waals surface area (Å²) in [7, 11) is -1.88. The standard InChI is InChI=1S/C13H27BO4S/c1-10(2)11(3,4)16-14(15-10)19(9)17-12(5,6)13(7,8)18-19/h1-9H3. The van der Waals surface area contributed by atoms with Crippen molar-refractivity contribution in [3.8, 4) is 0 Å². The highest BCUT2D eigenvalue weighted by Crippen LogP contribution is 2.66. The van der Waals surface area contributed by atoms with Crippen LogP contribution in [0.1, 0.15) is 55.4 Å². The molecule has 19 heavy (non-hydrogen) atoms.